The van der Waals surface area contributed by atoms with Gasteiger partial charge in [-0.25, -0.2) is 0 Å². The van der Waals surface area contributed by atoms with Gasteiger partial charge in [-0.2, -0.15) is 0 Å². The minimum absolute atomic E-state index is 0.780. The molecule has 6 heteroatoms. The van der Waals surface area contributed by atoms with Gasteiger partial charge in [0.05, 0.1) is 37.8 Å². The maximum atomic E-state index is 5.43. The molecule has 0 bridgehead atoms. The third kappa shape index (κ3) is 3.34. The van der Waals surface area contributed by atoms with Crippen LogP contribution in [0.4, 0.5) is 11.4 Å². The predicted octanol–water partition coefficient (Wildman–Crippen LogP) is 1.82. The first-order valence-corrected chi connectivity index (χ1v) is 8.48. The fourth-order valence-corrected chi connectivity index (χ4v) is 3.16. The number of hydrogen-bond acceptors (Lipinski definition) is 6. The Morgan fingerprint density at radius 3 is 1.50 bits per heavy atom. The molecule has 2 fully saturated rings. The average molecular weight is 326 g/mol. The van der Waals surface area contributed by atoms with Gasteiger partial charge in [-0.3, -0.25) is 9.97 Å². The molecule has 0 atom stereocenters. The molecule has 2 aliphatic heterocycles. The summed E-state index contributed by atoms with van der Waals surface area (Å²) in [5.41, 5.74) is 4.19. The van der Waals surface area contributed by atoms with Crippen LogP contribution >= 0.6 is 0 Å². The Morgan fingerprint density at radius 2 is 1.08 bits per heavy atom. The first-order valence-electron chi connectivity index (χ1n) is 8.48. The molecule has 126 valence electrons. The number of pyridine rings is 2. The van der Waals surface area contributed by atoms with E-state index >= 15 is 0 Å². The lowest BCUT2D eigenvalue weighted by atomic mass is 10.2. The van der Waals surface area contributed by atoms with Crippen molar-refractivity contribution in [3.8, 4) is 11.4 Å². The minimum atomic E-state index is 0.780. The van der Waals surface area contributed by atoms with Crippen molar-refractivity contribution in [1.82, 2.24) is 9.97 Å². The lowest BCUT2D eigenvalue weighted by molar-refractivity contribution is 0.122. The second-order valence-electron chi connectivity index (χ2n) is 6.00. The molecule has 4 rings (SSSR count). The molecule has 2 aliphatic rings. The van der Waals surface area contributed by atoms with Crippen LogP contribution in [0, 0.1) is 0 Å². The van der Waals surface area contributed by atoms with Gasteiger partial charge in [0.1, 0.15) is 0 Å². The normalized spacial score (nSPS) is 18.7. The zero-order chi connectivity index (χ0) is 16.2. The maximum absolute atomic E-state index is 5.43. The smallest absolute Gasteiger partial charge is 0.0907 e. The van der Waals surface area contributed by atoms with Gasteiger partial charge in [0, 0.05) is 49.9 Å². The average Bonchev–Trinajstić information content (AvgIpc) is 2.70. The number of nitrogens with zero attached hydrogens (tertiary/aromatic N) is 4. The van der Waals surface area contributed by atoms with Crippen LogP contribution in [0.25, 0.3) is 11.4 Å². The monoisotopic (exact) mass is 326 g/mol. The highest BCUT2D eigenvalue weighted by molar-refractivity contribution is 5.65. The second kappa shape index (κ2) is 7.15. The lowest BCUT2D eigenvalue weighted by Crippen LogP contribution is -2.36. The molecule has 0 aromatic carbocycles. The minimum Gasteiger partial charge on any atom is -0.378 e. The van der Waals surface area contributed by atoms with Gasteiger partial charge >= 0.3 is 0 Å². The molecule has 0 unspecified atom stereocenters. The summed E-state index contributed by atoms with van der Waals surface area (Å²) in [6.45, 7) is 6.81. The molecule has 0 radical (unpaired) electrons. The van der Waals surface area contributed by atoms with Crippen LogP contribution in [-0.2, 0) is 9.47 Å². The quantitative estimate of drug-likeness (QED) is 0.857. The summed E-state index contributed by atoms with van der Waals surface area (Å²) in [7, 11) is 0. The third-order valence-corrected chi connectivity index (χ3v) is 4.50. The number of ether oxygens (including phenoxy) is 2. The summed E-state index contributed by atoms with van der Waals surface area (Å²) < 4.78 is 10.9. The van der Waals surface area contributed by atoms with E-state index in [4.69, 9.17) is 9.47 Å². The van der Waals surface area contributed by atoms with Crippen molar-refractivity contribution < 1.29 is 9.47 Å². The molecule has 2 saturated heterocycles. The summed E-state index contributed by atoms with van der Waals surface area (Å²) in [6.07, 6.45) is 3.73. The van der Waals surface area contributed by atoms with Crippen molar-refractivity contribution in [3.05, 3.63) is 36.7 Å². The van der Waals surface area contributed by atoms with E-state index in [2.05, 4.69) is 44.0 Å². The highest BCUT2D eigenvalue weighted by Crippen LogP contribution is 2.25. The van der Waals surface area contributed by atoms with E-state index in [9.17, 15) is 0 Å². The molecule has 4 heterocycles. The van der Waals surface area contributed by atoms with E-state index in [-0.39, 0.29) is 0 Å². The van der Waals surface area contributed by atoms with E-state index < -0.39 is 0 Å². The first-order chi connectivity index (χ1) is 11.9. The second-order valence-corrected chi connectivity index (χ2v) is 6.00. The topological polar surface area (TPSA) is 50.7 Å². The Hall–Kier alpha value is -2.18. The number of anilines is 2. The van der Waals surface area contributed by atoms with E-state index in [0.29, 0.717) is 0 Å². The highest BCUT2D eigenvalue weighted by atomic mass is 16.5. The Kier molecular flexibility index (Phi) is 4.57. The Morgan fingerprint density at radius 1 is 0.667 bits per heavy atom. The third-order valence-electron chi connectivity index (χ3n) is 4.50. The van der Waals surface area contributed by atoms with Gasteiger partial charge in [0.2, 0.25) is 0 Å². The number of rotatable bonds is 3. The van der Waals surface area contributed by atoms with Crippen molar-refractivity contribution in [2.45, 2.75) is 0 Å². The van der Waals surface area contributed by atoms with Gasteiger partial charge in [0.15, 0.2) is 0 Å². The van der Waals surface area contributed by atoms with E-state index in [1.807, 2.05) is 12.4 Å². The summed E-state index contributed by atoms with van der Waals surface area (Å²) in [5, 5.41) is 0. The molecule has 0 N–H and O–H groups in total. The lowest BCUT2D eigenvalue weighted by Gasteiger charge is -2.29. The van der Waals surface area contributed by atoms with Crippen LogP contribution in [0.5, 0.6) is 0 Å². The number of aromatic nitrogens is 2. The molecule has 2 aromatic rings. The van der Waals surface area contributed by atoms with Crippen LogP contribution in [0.1, 0.15) is 0 Å². The van der Waals surface area contributed by atoms with Gasteiger partial charge in [-0.1, -0.05) is 0 Å². The zero-order valence-corrected chi connectivity index (χ0v) is 13.7. The van der Waals surface area contributed by atoms with Crippen LogP contribution in [0.15, 0.2) is 36.7 Å². The highest BCUT2D eigenvalue weighted by Gasteiger charge is 2.15. The fourth-order valence-electron chi connectivity index (χ4n) is 3.16. The SMILES string of the molecule is c1cc(N2CCOCC2)cc(-c2cc(N3CCOCC3)ccn2)n1. The number of hydrogen-bond donors (Lipinski definition) is 0. The first kappa shape index (κ1) is 15.4. The Bertz CT molecular complexity index is 623. The zero-order valence-electron chi connectivity index (χ0n) is 13.7. The largest absolute Gasteiger partial charge is 0.378 e. The molecule has 2 aromatic heterocycles. The van der Waals surface area contributed by atoms with Crippen LogP contribution in [0.3, 0.4) is 0 Å². The Balaban J connectivity index is 1.59. The predicted molar refractivity (Wildman–Crippen MR) is 93.5 cm³/mol. The van der Waals surface area contributed by atoms with E-state index in [0.717, 1.165) is 64.0 Å². The van der Waals surface area contributed by atoms with Gasteiger partial charge < -0.3 is 19.3 Å². The van der Waals surface area contributed by atoms with E-state index in [1.165, 1.54) is 11.4 Å². The summed E-state index contributed by atoms with van der Waals surface area (Å²) in [4.78, 5) is 13.7. The van der Waals surface area contributed by atoms with E-state index in [1.54, 1.807) is 0 Å². The van der Waals surface area contributed by atoms with Gasteiger partial charge in [0.25, 0.3) is 0 Å². The van der Waals surface area contributed by atoms with Crippen LogP contribution in [0.2, 0.25) is 0 Å². The van der Waals surface area contributed by atoms with Crippen molar-refractivity contribution >= 4 is 11.4 Å². The molecule has 0 amide bonds. The molecule has 0 spiro atoms. The fraction of sp³-hybridized carbons (Fsp3) is 0.444. The summed E-state index contributed by atoms with van der Waals surface area (Å²) in [6, 6.07) is 8.36. The van der Waals surface area contributed by atoms with Gasteiger partial charge in [-0.05, 0) is 24.3 Å². The maximum Gasteiger partial charge on any atom is 0.0907 e. The number of morpholine rings is 2. The van der Waals surface area contributed by atoms with Crippen molar-refractivity contribution in [3.63, 3.8) is 0 Å². The molecular formula is C18H22N4O2. The van der Waals surface area contributed by atoms with Gasteiger partial charge in [-0.15, -0.1) is 0 Å². The standard InChI is InChI=1S/C18H22N4O2/c1-3-19-17(13-15(1)21-5-9-23-10-6-21)18-14-16(2-4-20-18)22-7-11-24-12-8-22/h1-4,13-14H,5-12H2. The summed E-state index contributed by atoms with van der Waals surface area (Å²) >= 11 is 0. The molecule has 6 nitrogen and oxygen atoms in total. The molecular weight excluding hydrogens is 304 g/mol. The van der Waals surface area contributed by atoms with Crippen molar-refractivity contribution in [2.24, 2.45) is 0 Å². The van der Waals surface area contributed by atoms with Crippen LogP contribution < -0.4 is 9.80 Å². The summed E-state index contributed by atoms with van der Waals surface area (Å²) in [5.74, 6) is 0. The molecule has 24 heavy (non-hydrogen) atoms. The van der Waals surface area contributed by atoms with Crippen molar-refractivity contribution in [2.75, 3.05) is 62.4 Å². The van der Waals surface area contributed by atoms with Crippen molar-refractivity contribution in [1.29, 1.82) is 0 Å². The molecule has 0 aliphatic carbocycles. The Labute approximate surface area is 142 Å². The van der Waals surface area contributed by atoms with Crippen LogP contribution in [-0.4, -0.2) is 62.6 Å². The molecule has 0 saturated carbocycles.